The van der Waals surface area contributed by atoms with Crippen LogP contribution in [0.15, 0.2) is 18.7 Å². The maximum absolute atomic E-state index is 12.8. The summed E-state index contributed by atoms with van der Waals surface area (Å²) < 4.78 is 7.70. The molecule has 6 heteroatoms. The molecule has 3 fully saturated rings. The number of amides is 1. The quantitative estimate of drug-likeness (QED) is 0.881. The lowest BCUT2D eigenvalue weighted by atomic mass is 10.0. The highest BCUT2D eigenvalue weighted by molar-refractivity contribution is 5.85. The molecule has 1 aromatic rings. The van der Waals surface area contributed by atoms with Gasteiger partial charge in [0.2, 0.25) is 5.91 Å². The molecule has 2 unspecified atom stereocenters. The lowest BCUT2D eigenvalue weighted by molar-refractivity contribution is -0.128. The van der Waals surface area contributed by atoms with E-state index in [0.29, 0.717) is 12.6 Å². The minimum Gasteiger partial charge on any atom is -0.378 e. The molecule has 23 heavy (non-hydrogen) atoms. The Kier molecular flexibility index (Phi) is 4.11. The van der Waals surface area contributed by atoms with Crippen molar-refractivity contribution in [3.63, 3.8) is 0 Å². The van der Waals surface area contributed by atoms with Crippen LogP contribution in [0.2, 0.25) is 0 Å². The second-order valence-corrected chi connectivity index (χ2v) is 7.30. The molecule has 126 valence electrons. The number of imidazole rings is 1. The van der Waals surface area contributed by atoms with Gasteiger partial charge in [0, 0.05) is 18.9 Å². The van der Waals surface area contributed by atoms with E-state index in [4.69, 9.17) is 4.74 Å². The Hall–Kier alpha value is -1.40. The lowest BCUT2D eigenvalue weighted by Crippen LogP contribution is -2.54. The molecule has 1 amide bonds. The predicted molar refractivity (Wildman–Crippen MR) is 85.9 cm³/mol. The Labute approximate surface area is 137 Å². The molecule has 3 aliphatic rings. The van der Waals surface area contributed by atoms with E-state index in [1.807, 2.05) is 10.8 Å². The van der Waals surface area contributed by atoms with E-state index < -0.39 is 0 Å². The zero-order chi connectivity index (χ0) is 15.7. The number of aromatic nitrogens is 2. The summed E-state index contributed by atoms with van der Waals surface area (Å²) in [6, 6.07) is 0.490. The van der Waals surface area contributed by atoms with E-state index in [2.05, 4.69) is 15.2 Å². The van der Waals surface area contributed by atoms with Crippen LogP contribution in [0.1, 0.15) is 32.1 Å². The van der Waals surface area contributed by atoms with Crippen molar-refractivity contribution in [1.29, 1.82) is 0 Å². The number of ether oxygens (including phenoxy) is 1. The third kappa shape index (κ3) is 3.15. The smallest absolute Gasteiger partial charge is 0.228 e. The standard InChI is InChI=1S/C17H26N4O2/c22-16(17(4-5-17)12-20-9-6-18-13-20)19-14-10-23-11-15(14)21-7-2-1-3-8-21/h6,9,13-15H,1-5,7-8,10-12H2,(H,19,22). The van der Waals surface area contributed by atoms with Gasteiger partial charge in [0.25, 0.3) is 0 Å². The summed E-state index contributed by atoms with van der Waals surface area (Å²) in [5.41, 5.74) is -0.226. The van der Waals surface area contributed by atoms with Crippen LogP contribution in [0, 0.1) is 5.41 Å². The van der Waals surface area contributed by atoms with Crippen LogP contribution in [0.4, 0.5) is 0 Å². The van der Waals surface area contributed by atoms with Gasteiger partial charge in [-0.1, -0.05) is 6.42 Å². The van der Waals surface area contributed by atoms with Crippen LogP contribution in [-0.2, 0) is 16.1 Å². The van der Waals surface area contributed by atoms with Crippen LogP contribution in [-0.4, -0.2) is 58.7 Å². The third-order valence-electron chi connectivity index (χ3n) is 5.61. The second kappa shape index (κ2) is 6.24. The van der Waals surface area contributed by atoms with Gasteiger partial charge in [0.15, 0.2) is 0 Å². The highest BCUT2D eigenvalue weighted by atomic mass is 16.5. The zero-order valence-electron chi connectivity index (χ0n) is 13.6. The normalized spacial score (nSPS) is 30.3. The van der Waals surface area contributed by atoms with Crippen molar-refractivity contribution in [2.45, 2.75) is 50.7 Å². The maximum atomic E-state index is 12.8. The van der Waals surface area contributed by atoms with Gasteiger partial charge in [0.1, 0.15) is 0 Å². The average Bonchev–Trinajstić information content (AvgIpc) is 2.98. The fourth-order valence-electron chi connectivity index (χ4n) is 3.95. The molecule has 6 nitrogen and oxygen atoms in total. The molecule has 0 radical (unpaired) electrons. The largest absolute Gasteiger partial charge is 0.378 e. The Bertz CT molecular complexity index is 535. The number of carbonyl (C=O) groups excluding carboxylic acids is 1. The van der Waals surface area contributed by atoms with Crippen molar-refractivity contribution < 1.29 is 9.53 Å². The highest BCUT2D eigenvalue weighted by Gasteiger charge is 2.51. The number of nitrogens with zero attached hydrogens (tertiary/aromatic N) is 3. The molecule has 1 N–H and O–H groups in total. The van der Waals surface area contributed by atoms with E-state index in [-0.39, 0.29) is 17.4 Å². The molecule has 2 aliphatic heterocycles. The molecule has 0 spiro atoms. The fourth-order valence-corrected chi connectivity index (χ4v) is 3.95. The second-order valence-electron chi connectivity index (χ2n) is 7.30. The van der Waals surface area contributed by atoms with Gasteiger partial charge in [-0.3, -0.25) is 9.69 Å². The fraction of sp³-hybridized carbons (Fsp3) is 0.765. The minimum atomic E-state index is -0.226. The molecule has 0 bridgehead atoms. The molecule has 1 saturated carbocycles. The number of piperidine rings is 1. The van der Waals surface area contributed by atoms with E-state index in [1.54, 1.807) is 12.5 Å². The van der Waals surface area contributed by atoms with Gasteiger partial charge >= 0.3 is 0 Å². The molecule has 0 aromatic carbocycles. The summed E-state index contributed by atoms with van der Waals surface area (Å²) in [6.45, 7) is 4.41. The number of hydrogen-bond acceptors (Lipinski definition) is 4. The van der Waals surface area contributed by atoms with Crippen LogP contribution in [0.5, 0.6) is 0 Å². The molecule has 4 rings (SSSR count). The molecule has 2 saturated heterocycles. The van der Waals surface area contributed by atoms with Crippen molar-refractivity contribution in [1.82, 2.24) is 19.8 Å². The van der Waals surface area contributed by atoms with E-state index in [9.17, 15) is 4.79 Å². The summed E-state index contributed by atoms with van der Waals surface area (Å²) >= 11 is 0. The molecular formula is C17H26N4O2. The van der Waals surface area contributed by atoms with Crippen molar-refractivity contribution in [2.24, 2.45) is 5.41 Å². The third-order valence-corrected chi connectivity index (χ3v) is 5.61. The monoisotopic (exact) mass is 318 g/mol. The zero-order valence-corrected chi connectivity index (χ0v) is 13.6. The minimum absolute atomic E-state index is 0.140. The number of hydrogen-bond donors (Lipinski definition) is 1. The Morgan fingerprint density at radius 3 is 2.78 bits per heavy atom. The van der Waals surface area contributed by atoms with Crippen LogP contribution in [0.25, 0.3) is 0 Å². The first-order valence-corrected chi connectivity index (χ1v) is 8.85. The van der Waals surface area contributed by atoms with Crippen molar-refractivity contribution in [2.75, 3.05) is 26.3 Å². The van der Waals surface area contributed by atoms with Crippen molar-refractivity contribution >= 4 is 5.91 Å². The SMILES string of the molecule is O=C(NC1COCC1N1CCCCC1)C1(Cn2ccnc2)CC1. The molecule has 1 aromatic heterocycles. The first-order chi connectivity index (χ1) is 11.3. The predicted octanol–water partition coefficient (Wildman–Crippen LogP) is 1.03. The summed E-state index contributed by atoms with van der Waals surface area (Å²) in [6.07, 6.45) is 11.3. The first kappa shape index (κ1) is 15.1. The molecule has 2 atom stereocenters. The van der Waals surface area contributed by atoms with E-state index >= 15 is 0 Å². The van der Waals surface area contributed by atoms with Gasteiger partial charge in [-0.25, -0.2) is 4.98 Å². The lowest BCUT2D eigenvalue weighted by Gasteiger charge is -2.35. The molecule has 3 heterocycles. The Morgan fingerprint density at radius 2 is 2.09 bits per heavy atom. The summed E-state index contributed by atoms with van der Waals surface area (Å²) in [7, 11) is 0. The topological polar surface area (TPSA) is 59.4 Å². The van der Waals surface area contributed by atoms with E-state index in [1.165, 1.54) is 19.3 Å². The number of rotatable bonds is 5. The number of likely N-dealkylation sites (tertiary alicyclic amines) is 1. The summed E-state index contributed by atoms with van der Waals surface area (Å²) in [5.74, 6) is 0.198. The van der Waals surface area contributed by atoms with E-state index in [0.717, 1.165) is 39.1 Å². The van der Waals surface area contributed by atoms with Crippen molar-refractivity contribution in [3.8, 4) is 0 Å². The average molecular weight is 318 g/mol. The van der Waals surface area contributed by atoms with Crippen LogP contribution >= 0.6 is 0 Å². The van der Waals surface area contributed by atoms with Gasteiger partial charge < -0.3 is 14.6 Å². The van der Waals surface area contributed by atoms with Gasteiger partial charge in [0.05, 0.1) is 37.0 Å². The van der Waals surface area contributed by atoms with Gasteiger partial charge in [-0.15, -0.1) is 0 Å². The Balaban J connectivity index is 1.37. The summed E-state index contributed by atoms with van der Waals surface area (Å²) in [5, 5.41) is 3.30. The summed E-state index contributed by atoms with van der Waals surface area (Å²) in [4.78, 5) is 19.4. The number of nitrogens with one attached hydrogen (secondary N) is 1. The van der Waals surface area contributed by atoms with Crippen molar-refractivity contribution in [3.05, 3.63) is 18.7 Å². The molecule has 1 aliphatic carbocycles. The highest BCUT2D eigenvalue weighted by Crippen LogP contribution is 2.47. The van der Waals surface area contributed by atoms with Crippen LogP contribution < -0.4 is 5.32 Å². The first-order valence-electron chi connectivity index (χ1n) is 8.85. The van der Waals surface area contributed by atoms with Gasteiger partial charge in [-0.05, 0) is 38.8 Å². The Morgan fingerprint density at radius 1 is 1.26 bits per heavy atom. The maximum Gasteiger partial charge on any atom is 0.228 e. The number of carbonyl (C=O) groups is 1. The van der Waals surface area contributed by atoms with Crippen LogP contribution in [0.3, 0.4) is 0 Å². The molecular weight excluding hydrogens is 292 g/mol. The van der Waals surface area contributed by atoms with Gasteiger partial charge in [-0.2, -0.15) is 0 Å².